The first kappa shape index (κ1) is 17.6. The van der Waals surface area contributed by atoms with E-state index in [1.54, 1.807) is 18.9 Å². The maximum absolute atomic E-state index is 9.46. The van der Waals surface area contributed by atoms with E-state index in [2.05, 4.69) is 40.7 Å². The van der Waals surface area contributed by atoms with E-state index in [1.807, 2.05) is 36.5 Å². The average molecular weight is 354 g/mol. The predicted molar refractivity (Wildman–Crippen MR) is 101 cm³/mol. The largest absolute Gasteiger partial charge is 0.497 e. The van der Waals surface area contributed by atoms with Crippen molar-refractivity contribution in [3.05, 3.63) is 77.6 Å². The molecule has 1 N–H and O–H groups in total. The lowest BCUT2D eigenvalue weighted by Gasteiger charge is -2.13. The first-order valence-electron chi connectivity index (χ1n) is 8.21. The fraction of sp³-hybridized carbons (Fsp3) is 0.250. The SMILES string of the molecule is COc1ccc(Cn2cc(CO)nc2S[C@H](C)c2ccccc2)cc1. The van der Waals surface area contributed by atoms with Crippen molar-refractivity contribution in [2.24, 2.45) is 0 Å². The van der Waals surface area contributed by atoms with Gasteiger partial charge in [-0.2, -0.15) is 0 Å². The minimum absolute atomic E-state index is 0.0527. The molecule has 0 amide bonds. The minimum Gasteiger partial charge on any atom is -0.497 e. The van der Waals surface area contributed by atoms with Gasteiger partial charge in [0.15, 0.2) is 5.16 Å². The Balaban J connectivity index is 1.80. The second-order valence-electron chi connectivity index (χ2n) is 5.82. The third-order valence-corrected chi connectivity index (χ3v) is 5.18. The van der Waals surface area contributed by atoms with E-state index >= 15 is 0 Å². The van der Waals surface area contributed by atoms with Gasteiger partial charge in [-0.1, -0.05) is 54.2 Å². The Morgan fingerprint density at radius 3 is 2.48 bits per heavy atom. The van der Waals surface area contributed by atoms with E-state index in [-0.39, 0.29) is 11.9 Å². The van der Waals surface area contributed by atoms with Crippen molar-refractivity contribution in [1.29, 1.82) is 0 Å². The third kappa shape index (κ3) is 4.44. The highest BCUT2D eigenvalue weighted by Crippen LogP contribution is 2.34. The molecule has 3 aromatic rings. The first-order chi connectivity index (χ1) is 12.2. The molecule has 0 saturated heterocycles. The molecule has 0 fully saturated rings. The number of methoxy groups -OCH3 is 1. The van der Waals surface area contributed by atoms with Crippen molar-refractivity contribution in [3.63, 3.8) is 0 Å². The lowest BCUT2D eigenvalue weighted by molar-refractivity contribution is 0.277. The van der Waals surface area contributed by atoms with Crippen LogP contribution in [0.5, 0.6) is 5.75 Å². The Hall–Kier alpha value is -2.24. The maximum Gasteiger partial charge on any atom is 0.169 e. The fourth-order valence-electron chi connectivity index (χ4n) is 2.61. The third-order valence-electron chi connectivity index (χ3n) is 4.01. The summed E-state index contributed by atoms with van der Waals surface area (Å²) in [5, 5.41) is 10.7. The molecule has 3 rings (SSSR count). The molecule has 1 atom stereocenters. The van der Waals surface area contributed by atoms with Gasteiger partial charge in [-0.25, -0.2) is 4.98 Å². The summed E-state index contributed by atoms with van der Waals surface area (Å²) in [5.41, 5.74) is 3.12. The van der Waals surface area contributed by atoms with E-state index in [1.165, 1.54) is 5.56 Å². The van der Waals surface area contributed by atoms with E-state index in [0.29, 0.717) is 12.2 Å². The number of aliphatic hydroxyl groups is 1. The van der Waals surface area contributed by atoms with Crippen molar-refractivity contribution < 1.29 is 9.84 Å². The van der Waals surface area contributed by atoms with Gasteiger partial charge in [0.25, 0.3) is 0 Å². The monoisotopic (exact) mass is 354 g/mol. The Labute approximate surface area is 152 Å². The Kier molecular flexibility index (Phi) is 5.79. The molecule has 4 nitrogen and oxygen atoms in total. The average Bonchev–Trinajstić information content (AvgIpc) is 3.04. The summed E-state index contributed by atoms with van der Waals surface area (Å²) in [6.45, 7) is 2.83. The summed E-state index contributed by atoms with van der Waals surface area (Å²) in [6, 6.07) is 18.4. The van der Waals surface area contributed by atoms with Gasteiger partial charge in [-0.05, 0) is 30.2 Å². The van der Waals surface area contributed by atoms with Crippen LogP contribution >= 0.6 is 11.8 Å². The van der Waals surface area contributed by atoms with Crippen LogP contribution in [0.2, 0.25) is 0 Å². The van der Waals surface area contributed by atoms with Crippen LogP contribution in [0.1, 0.15) is 29.0 Å². The zero-order valence-corrected chi connectivity index (χ0v) is 15.2. The highest BCUT2D eigenvalue weighted by Gasteiger charge is 2.14. The number of imidazole rings is 1. The second kappa shape index (κ2) is 8.23. The van der Waals surface area contributed by atoms with Crippen molar-refractivity contribution in [3.8, 4) is 5.75 Å². The van der Waals surface area contributed by atoms with Crippen molar-refractivity contribution in [2.75, 3.05) is 7.11 Å². The van der Waals surface area contributed by atoms with Gasteiger partial charge < -0.3 is 14.4 Å². The number of rotatable bonds is 7. The zero-order chi connectivity index (χ0) is 17.6. The standard InChI is InChI=1S/C20H22N2O2S/c1-15(17-6-4-3-5-7-17)25-20-21-18(14-23)13-22(20)12-16-8-10-19(24-2)11-9-16/h3-11,13,15,23H,12,14H2,1-2H3/t15-/m1/s1. The molecule has 5 heteroatoms. The molecule has 2 aromatic carbocycles. The zero-order valence-electron chi connectivity index (χ0n) is 14.4. The predicted octanol–water partition coefficient (Wildman–Crippen LogP) is 4.29. The molecule has 0 radical (unpaired) electrons. The summed E-state index contributed by atoms with van der Waals surface area (Å²) >= 11 is 1.70. The Bertz CT molecular complexity index is 800. The van der Waals surface area contributed by atoms with Gasteiger partial charge >= 0.3 is 0 Å². The number of aliphatic hydroxyl groups excluding tert-OH is 1. The molecular weight excluding hydrogens is 332 g/mol. The number of hydrogen-bond donors (Lipinski definition) is 1. The van der Waals surface area contributed by atoms with Crippen LogP contribution < -0.4 is 4.74 Å². The van der Waals surface area contributed by atoms with Crippen LogP contribution in [0.15, 0.2) is 66.0 Å². The molecule has 0 bridgehead atoms. The van der Waals surface area contributed by atoms with Gasteiger partial charge in [-0.15, -0.1) is 0 Å². The van der Waals surface area contributed by atoms with Crippen molar-refractivity contribution >= 4 is 11.8 Å². The maximum atomic E-state index is 9.46. The summed E-state index contributed by atoms with van der Waals surface area (Å²) in [5.74, 6) is 0.845. The van der Waals surface area contributed by atoms with E-state index in [9.17, 15) is 5.11 Å². The highest BCUT2D eigenvalue weighted by atomic mass is 32.2. The number of nitrogens with zero attached hydrogens (tertiary/aromatic N) is 2. The number of hydrogen-bond acceptors (Lipinski definition) is 4. The van der Waals surface area contributed by atoms with E-state index in [0.717, 1.165) is 16.5 Å². The molecule has 1 aromatic heterocycles. The Morgan fingerprint density at radius 2 is 1.84 bits per heavy atom. The molecule has 25 heavy (non-hydrogen) atoms. The Morgan fingerprint density at radius 1 is 1.12 bits per heavy atom. The quantitative estimate of drug-likeness (QED) is 0.643. The molecule has 0 aliphatic heterocycles. The van der Waals surface area contributed by atoms with Crippen molar-refractivity contribution in [2.45, 2.75) is 30.5 Å². The molecule has 130 valence electrons. The molecule has 1 heterocycles. The minimum atomic E-state index is -0.0527. The fourth-order valence-corrected chi connectivity index (χ4v) is 3.64. The van der Waals surface area contributed by atoms with Gasteiger partial charge in [-0.3, -0.25) is 0 Å². The smallest absolute Gasteiger partial charge is 0.169 e. The van der Waals surface area contributed by atoms with Crippen LogP contribution in [0.4, 0.5) is 0 Å². The lowest BCUT2D eigenvalue weighted by Crippen LogP contribution is -2.01. The van der Waals surface area contributed by atoms with Gasteiger partial charge in [0, 0.05) is 18.0 Å². The van der Waals surface area contributed by atoms with Crippen molar-refractivity contribution in [1.82, 2.24) is 9.55 Å². The number of benzene rings is 2. The van der Waals surface area contributed by atoms with Gasteiger partial charge in [0.1, 0.15) is 5.75 Å². The topological polar surface area (TPSA) is 47.3 Å². The van der Waals surface area contributed by atoms with Crippen LogP contribution in [0, 0.1) is 0 Å². The second-order valence-corrected chi connectivity index (χ2v) is 7.13. The van der Waals surface area contributed by atoms with E-state index in [4.69, 9.17) is 4.74 Å². The molecular formula is C20H22N2O2S. The highest BCUT2D eigenvalue weighted by molar-refractivity contribution is 7.99. The van der Waals surface area contributed by atoms with Crippen LogP contribution in [-0.2, 0) is 13.2 Å². The number of aromatic nitrogens is 2. The summed E-state index contributed by atoms with van der Waals surface area (Å²) in [4.78, 5) is 4.58. The lowest BCUT2D eigenvalue weighted by atomic mass is 10.2. The van der Waals surface area contributed by atoms with Crippen LogP contribution in [-0.4, -0.2) is 21.8 Å². The van der Waals surface area contributed by atoms with Crippen LogP contribution in [0.3, 0.4) is 0 Å². The molecule has 0 aliphatic carbocycles. The van der Waals surface area contributed by atoms with E-state index < -0.39 is 0 Å². The van der Waals surface area contributed by atoms with Gasteiger partial charge in [0.2, 0.25) is 0 Å². The van der Waals surface area contributed by atoms with Gasteiger partial charge in [0.05, 0.1) is 19.4 Å². The number of thioether (sulfide) groups is 1. The molecule has 0 unspecified atom stereocenters. The molecule has 0 aliphatic rings. The van der Waals surface area contributed by atoms with Crippen LogP contribution in [0.25, 0.3) is 0 Å². The number of ether oxygens (including phenoxy) is 1. The summed E-state index contributed by atoms with van der Waals surface area (Å²) in [6.07, 6.45) is 1.92. The molecule has 0 saturated carbocycles. The summed E-state index contributed by atoms with van der Waals surface area (Å²) < 4.78 is 7.30. The molecule has 0 spiro atoms. The first-order valence-corrected chi connectivity index (χ1v) is 9.09. The normalized spacial score (nSPS) is 12.1. The summed E-state index contributed by atoms with van der Waals surface area (Å²) in [7, 11) is 1.66.